The first-order chi connectivity index (χ1) is 12.7. The molecule has 0 N–H and O–H groups in total. The number of hydrogen-bond donors (Lipinski definition) is 0. The van der Waals surface area contributed by atoms with E-state index in [1.54, 1.807) is 6.07 Å². The third kappa shape index (κ3) is 4.34. The smallest absolute Gasteiger partial charge is 0.110 e. The lowest BCUT2D eigenvalue weighted by molar-refractivity contribution is 0.975. The van der Waals surface area contributed by atoms with Crippen LogP contribution >= 0.6 is 23.2 Å². The number of halogens is 2. The first kappa shape index (κ1) is 18.2. The standard InChI is InChI=1S/C12H8Cl2.C10H10N2/c13-11-8-4-7-10(12(11)14)9-5-2-1-3-6-9;1-9-11-7-8-12(9)10-5-3-2-4-6-10/h1-8H;2-8H,1H3. The monoisotopic (exact) mass is 380 g/mol. The molecule has 4 heteroatoms. The second-order valence-electron chi connectivity index (χ2n) is 5.65. The zero-order chi connectivity index (χ0) is 18.4. The normalized spacial score (nSPS) is 10.1. The first-order valence-corrected chi connectivity index (χ1v) is 8.97. The highest BCUT2D eigenvalue weighted by Crippen LogP contribution is 2.32. The predicted molar refractivity (Wildman–Crippen MR) is 110 cm³/mol. The van der Waals surface area contributed by atoms with Crippen molar-refractivity contribution < 1.29 is 0 Å². The molecule has 0 saturated heterocycles. The summed E-state index contributed by atoms with van der Waals surface area (Å²) >= 11 is 12.0. The number of nitrogens with zero attached hydrogens (tertiary/aromatic N) is 2. The van der Waals surface area contributed by atoms with Gasteiger partial charge in [-0.05, 0) is 30.7 Å². The van der Waals surface area contributed by atoms with E-state index in [9.17, 15) is 0 Å². The lowest BCUT2D eigenvalue weighted by atomic mass is 10.1. The van der Waals surface area contributed by atoms with E-state index in [1.165, 1.54) is 0 Å². The fraction of sp³-hybridized carbons (Fsp3) is 0.0455. The zero-order valence-electron chi connectivity index (χ0n) is 14.3. The number of para-hydroxylation sites is 1. The average molecular weight is 381 g/mol. The maximum Gasteiger partial charge on any atom is 0.110 e. The Balaban J connectivity index is 0.000000152. The minimum absolute atomic E-state index is 0.591. The molecule has 0 aliphatic heterocycles. The summed E-state index contributed by atoms with van der Waals surface area (Å²) in [5.74, 6) is 1.02. The van der Waals surface area contributed by atoms with Crippen molar-refractivity contribution in [3.8, 4) is 16.8 Å². The predicted octanol–water partition coefficient (Wildman–Crippen LogP) is 6.84. The quantitative estimate of drug-likeness (QED) is 0.372. The fourth-order valence-electron chi connectivity index (χ4n) is 2.58. The van der Waals surface area contributed by atoms with Crippen molar-refractivity contribution in [3.63, 3.8) is 0 Å². The van der Waals surface area contributed by atoms with Crippen LogP contribution in [-0.2, 0) is 0 Å². The van der Waals surface area contributed by atoms with Crippen LogP contribution in [0.15, 0.2) is 91.3 Å². The molecule has 2 nitrogen and oxygen atoms in total. The SMILES string of the molecule is Cc1nccn1-c1ccccc1.Clc1cccc(-c2ccccc2)c1Cl. The highest BCUT2D eigenvalue weighted by Gasteiger charge is 2.05. The van der Waals surface area contributed by atoms with Gasteiger partial charge in [0.15, 0.2) is 0 Å². The summed E-state index contributed by atoms with van der Waals surface area (Å²) in [5, 5.41) is 1.20. The van der Waals surface area contributed by atoms with Crippen LogP contribution in [0.25, 0.3) is 16.8 Å². The van der Waals surface area contributed by atoms with Gasteiger partial charge in [0.05, 0.1) is 10.0 Å². The van der Waals surface area contributed by atoms with E-state index in [0.29, 0.717) is 10.0 Å². The third-order valence-corrected chi connectivity index (χ3v) is 4.72. The van der Waals surface area contributed by atoms with Crippen molar-refractivity contribution in [2.45, 2.75) is 6.92 Å². The van der Waals surface area contributed by atoms with Crippen molar-refractivity contribution >= 4 is 23.2 Å². The first-order valence-electron chi connectivity index (χ1n) is 8.21. The minimum atomic E-state index is 0.591. The second kappa shape index (κ2) is 8.70. The van der Waals surface area contributed by atoms with E-state index in [0.717, 1.165) is 22.6 Å². The molecule has 0 atom stereocenters. The lowest BCUT2D eigenvalue weighted by Crippen LogP contribution is -1.93. The van der Waals surface area contributed by atoms with Crippen LogP contribution in [0.2, 0.25) is 10.0 Å². The van der Waals surface area contributed by atoms with E-state index >= 15 is 0 Å². The molecule has 130 valence electrons. The van der Waals surface area contributed by atoms with Crippen molar-refractivity contribution in [2.24, 2.45) is 0 Å². The number of aryl methyl sites for hydroxylation is 1. The van der Waals surface area contributed by atoms with E-state index in [4.69, 9.17) is 23.2 Å². The maximum atomic E-state index is 6.10. The number of benzene rings is 3. The zero-order valence-corrected chi connectivity index (χ0v) is 15.8. The van der Waals surface area contributed by atoms with E-state index in [-0.39, 0.29) is 0 Å². The van der Waals surface area contributed by atoms with Gasteiger partial charge in [-0.2, -0.15) is 0 Å². The van der Waals surface area contributed by atoms with Crippen LogP contribution in [0.4, 0.5) is 0 Å². The highest BCUT2D eigenvalue weighted by molar-refractivity contribution is 6.43. The molecular formula is C22H18Cl2N2. The Bertz CT molecular complexity index is 964. The van der Waals surface area contributed by atoms with Crippen molar-refractivity contribution in [1.82, 2.24) is 9.55 Å². The van der Waals surface area contributed by atoms with E-state index < -0.39 is 0 Å². The van der Waals surface area contributed by atoms with Gasteiger partial charge in [-0.3, -0.25) is 0 Å². The van der Waals surface area contributed by atoms with Gasteiger partial charge >= 0.3 is 0 Å². The molecule has 0 saturated carbocycles. The van der Waals surface area contributed by atoms with Gasteiger partial charge in [-0.1, -0.05) is 83.9 Å². The van der Waals surface area contributed by atoms with Gasteiger partial charge in [0, 0.05) is 23.6 Å². The average Bonchev–Trinajstić information content (AvgIpc) is 3.12. The van der Waals surface area contributed by atoms with Gasteiger partial charge in [-0.15, -0.1) is 0 Å². The van der Waals surface area contributed by atoms with Gasteiger partial charge in [0.25, 0.3) is 0 Å². The summed E-state index contributed by atoms with van der Waals surface area (Å²) < 4.78 is 2.06. The molecule has 0 amide bonds. The second-order valence-corrected chi connectivity index (χ2v) is 6.43. The van der Waals surface area contributed by atoms with Crippen LogP contribution in [0, 0.1) is 6.92 Å². The summed E-state index contributed by atoms with van der Waals surface area (Å²) in [5.41, 5.74) is 3.22. The van der Waals surface area contributed by atoms with Gasteiger partial charge < -0.3 is 4.57 Å². The maximum absolute atomic E-state index is 6.10. The van der Waals surface area contributed by atoms with Crippen LogP contribution in [-0.4, -0.2) is 9.55 Å². The molecule has 0 spiro atoms. The van der Waals surface area contributed by atoms with Crippen molar-refractivity contribution in [1.29, 1.82) is 0 Å². The number of hydrogen-bond acceptors (Lipinski definition) is 1. The van der Waals surface area contributed by atoms with Crippen LogP contribution in [0.5, 0.6) is 0 Å². The van der Waals surface area contributed by atoms with Gasteiger partial charge in [0.2, 0.25) is 0 Å². The molecule has 3 aromatic carbocycles. The van der Waals surface area contributed by atoms with Crippen LogP contribution in [0.3, 0.4) is 0 Å². The third-order valence-electron chi connectivity index (χ3n) is 3.90. The Kier molecular flexibility index (Phi) is 6.11. The Labute approximate surface area is 163 Å². The summed E-state index contributed by atoms with van der Waals surface area (Å²) in [7, 11) is 0. The Morgan fingerprint density at radius 2 is 1.42 bits per heavy atom. The Hall–Kier alpha value is -2.55. The van der Waals surface area contributed by atoms with Crippen molar-refractivity contribution in [2.75, 3.05) is 0 Å². The fourth-order valence-corrected chi connectivity index (χ4v) is 2.99. The molecule has 0 bridgehead atoms. The molecule has 0 aliphatic carbocycles. The molecule has 0 unspecified atom stereocenters. The van der Waals surface area contributed by atoms with Gasteiger partial charge in [-0.25, -0.2) is 4.98 Å². The van der Waals surface area contributed by atoms with E-state index in [1.807, 2.05) is 80.0 Å². The Morgan fingerprint density at radius 1 is 0.769 bits per heavy atom. The molecule has 1 aromatic heterocycles. The number of rotatable bonds is 2. The van der Waals surface area contributed by atoms with Crippen LogP contribution < -0.4 is 0 Å². The summed E-state index contributed by atoms with van der Waals surface area (Å²) in [4.78, 5) is 4.16. The largest absolute Gasteiger partial charge is 0.304 e. The number of aromatic nitrogens is 2. The molecule has 4 rings (SSSR count). The van der Waals surface area contributed by atoms with E-state index in [2.05, 4.69) is 21.7 Å². The topological polar surface area (TPSA) is 17.8 Å². The summed E-state index contributed by atoms with van der Waals surface area (Å²) in [6.45, 7) is 1.99. The molecule has 4 aromatic rings. The van der Waals surface area contributed by atoms with Gasteiger partial charge in [0.1, 0.15) is 5.82 Å². The summed E-state index contributed by atoms with van der Waals surface area (Å²) in [6, 6.07) is 25.8. The number of imidazole rings is 1. The molecular weight excluding hydrogens is 363 g/mol. The highest BCUT2D eigenvalue weighted by atomic mass is 35.5. The molecule has 1 heterocycles. The van der Waals surface area contributed by atoms with Crippen molar-refractivity contribution in [3.05, 3.63) is 107 Å². The molecule has 26 heavy (non-hydrogen) atoms. The Morgan fingerprint density at radius 3 is 2.04 bits per heavy atom. The molecule has 0 radical (unpaired) electrons. The summed E-state index contributed by atoms with van der Waals surface area (Å²) in [6.07, 6.45) is 3.77. The lowest BCUT2D eigenvalue weighted by Gasteiger charge is -2.04. The molecule has 0 fully saturated rings. The molecule has 0 aliphatic rings. The van der Waals surface area contributed by atoms with Crippen LogP contribution in [0.1, 0.15) is 5.82 Å². The minimum Gasteiger partial charge on any atom is -0.304 e.